The number of carbonyl (C=O) groups is 1. The number of nitrogens with two attached hydrogens (primary N) is 1. The molecular weight excluding hydrogens is 264 g/mol. The molecule has 7 heteroatoms. The molecule has 0 aromatic carbocycles. The molecular formula is C12H20N4O2S. The molecule has 106 valence electrons. The predicted molar refractivity (Wildman–Crippen MR) is 74.4 cm³/mol. The van der Waals surface area contributed by atoms with E-state index in [-0.39, 0.29) is 23.8 Å². The fourth-order valence-electron chi connectivity index (χ4n) is 1.94. The maximum Gasteiger partial charge on any atom is 0.219 e. The lowest BCUT2D eigenvalue weighted by molar-refractivity contribution is -0.118. The van der Waals surface area contributed by atoms with Gasteiger partial charge in [0.2, 0.25) is 11.0 Å². The van der Waals surface area contributed by atoms with Gasteiger partial charge in [0.1, 0.15) is 5.82 Å². The van der Waals surface area contributed by atoms with Crippen LogP contribution in [-0.4, -0.2) is 41.1 Å². The summed E-state index contributed by atoms with van der Waals surface area (Å²) < 4.78 is 9.82. The van der Waals surface area contributed by atoms with Gasteiger partial charge >= 0.3 is 0 Å². The van der Waals surface area contributed by atoms with Crippen molar-refractivity contribution in [1.29, 1.82) is 0 Å². The third-order valence-electron chi connectivity index (χ3n) is 3.00. The van der Waals surface area contributed by atoms with Crippen LogP contribution in [-0.2, 0) is 14.9 Å². The lowest BCUT2D eigenvalue weighted by Gasteiger charge is -2.34. The standard InChI is InChI=1S/C12H20N4O2S/c1-12(2,3)10-14-11(19-15-10)16-4-5-18-7-8(16)6-9(13)17/h8H,4-7H2,1-3H3,(H2,13,17). The first-order valence-electron chi connectivity index (χ1n) is 6.35. The van der Waals surface area contributed by atoms with E-state index >= 15 is 0 Å². The predicted octanol–water partition coefficient (Wildman–Crippen LogP) is 0.916. The highest BCUT2D eigenvalue weighted by atomic mass is 32.1. The molecule has 2 heterocycles. The minimum atomic E-state index is -0.318. The molecule has 1 aliphatic heterocycles. The number of carbonyl (C=O) groups excluding carboxylic acids is 1. The Bertz CT molecular complexity index is 455. The summed E-state index contributed by atoms with van der Waals surface area (Å²) in [7, 11) is 0. The molecule has 1 aliphatic rings. The minimum absolute atomic E-state index is 0.0352. The first-order valence-corrected chi connectivity index (χ1v) is 7.12. The van der Waals surface area contributed by atoms with Crippen molar-refractivity contribution >= 4 is 22.6 Å². The van der Waals surface area contributed by atoms with Gasteiger partial charge in [-0.05, 0) is 0 Å². The van der Waals surface area contributed by atoms with Crippen molar-refractivity contribution in [3.05, 3.63) is 5.82 Å². The second kappa shape index (κ2) is 5.42. The highest BCUT2D eigenvalue weighted by Gasteiger charge is 2.29. The van der Waals surface area contributed by atoms with Crippen LogP contribution in [0.25, 0.3) is 0 Å². The van der Waals surface area contributed by atoms with Crippen molar-refractivity contribution in [1.82, 2.24) is 9.36 Å². The average molecular weight is 284 g/mol. The largest absolute Gasteiger partial charge is 0.377 e. The van der Waals surface area contributed by atoms with Crippen molar-refractivity contribution in [2.24, 2.45) is 5.73 Å². The van der Waals surface area contributed by atoms with Crippen molar-refractivity contribution < 1.29 is 9.53 Å². The SMILES string of the molecule is CC(C)(C)c1nsc(N2CCOCC2CC(N)=O)n1. The molecule has 0 saturated carbocycles. The number of hydrogen-bond donors (Lipinski definition) is 1. The van der Waals surface area contributed by atoms with Crippen LogP contribution >= 0.6 is 11.5 Å². The molecule has 1 amide bonds. The number of aromatic nitrogens is 2. The van der Waals surface area contributed by atoms with Gasteiger partial charge in [0.25, 0.3) is 0 Å². The Labute approximate surface area is 117 Å². The lowest BCUT2D eigenvalue weighted by atomic mass is 9.96. The normalized spacial score (nSPS) is 20.6. The highest BCUT2D eigenvalue weighted by molar-refractivity contribution is 7.09. The first kappa shape index (κ1) is 14.2. The fourth-order valence-corrected chi connectivity index (χ4v) is 2.90. The van der Waals surface area contributed by atoms with Crippen molar-refractivity contribution in [3.8, 4) is 0 Å². The monoisotopic (exact) mass is 284 g/mol. The zero-order valence-electron chi connectivity index (χ0n) is 11.5. The summed E-state index contributed by atoms with van der Waals surface area (Å²) in [6.07, 6.45) is 0.282. The molecule has 0 aliphatic carbocycles. The highest BCUT2D eigenvalue weighted by Crippen LogP contribution is 2.28. The number of morpholine rings is 1. The molecule has 6 nitrogen and oxygen atoms in total. The molecule has 1 saturated heterocycles. The van der Waals surface area contributed by atoms with Gasteiger partial charge in [-0.2, -0.15) is 4.37 Å². The second-order valence-electron chi connectivity index (χ2n) is 5.74. The van der Waals surface area contributed by atoms with Crippen LogP contribution in [0.1, 0.15) is 33.0 Å². The van der Waals surface area contributed by atoms with Crippen LogP contribution in [0.3, 0.4) is 0 Å². The van der Waals surface area contributed by atoms with Crippen LogP contribution in [0.15, 0.2) is 0 Å². The van der Waals surface area contributed by atoms with Crippen LogP contribution in [0, 0.1) is 0 Å². The first-order chi connectivity index (χ1) is 8.88. The number of amides is 1. The number of ether oxygens (including phenoxy) is 1. The van der Waals surface area contributed by atoms with Gasteiger partial charge in [-0.25, -0.2) is 4.98 Å². The van der Waals surface area contributed by atoms with Gasteiger partial charge in [0, 0.05) is 29.9 Å². The third kappa shape index (κ3) is 3.42. The van der Waals surface area contributed by atoms with Crippen LogP contribution in [0.2, 0.25) is 0 Å². The zero-order valence-corrected chi connectivity index (χ0v) is 12.4. The van der Waals surface area contributed by atoms with E-state index in [0.29, 0.717) is 13.2 Å². The van der Waals surface area contributed by atoms with E-state index in [4.69, 9.17) is 10.5 Å². The maximum atomic E-state index is 11.1. The Morgan fingerprint density at radius 3 is 2.89 bits per heavy atom. The summed E-state index contributed by atoms with van der Waals surface area (Å²) in [5.41, 5.74) is 5.22. The molecule has 1 unspecified atom stereocenters. The summed E-state index contributed by atoms with van der Waals surface area (Å²) in [5, 5.41) is 0.847. The van der Waals surface area contributed by atoms with Crippen LogP contribution in [0.4, 0.5) is 5.13 Å². The maximum absolute atomic E-state index is 11.1. The van der Waals surface area contributed by atoms with Crippen LogP contribution in [0.5, 0.6) is 0 Å². The molecule has 1 fully saturated rings. The van der Waals surface area contributed by atoms with E-state index < -0.39 is 0 Å². The van der Waals surface area contributed by atoms with Gasteiger partial charge in [0.05, 0.1) is 19.3 Å². The number of nitrogens with zero attached hydrogens (tertiary/aromatic N) is 3. The van der Waals surface area contributed by atoms with Crippen molar-refractivity contribution in [2.45, 2.75) is 38.6 Å². The van der Waals surface area contributed by atoms with E-state index in [1.165, 1.54) is 11.5 Å². The molecule has 19 heavy (non-hydrogen) atoms. The second-order valence-corrected chi connectivity index (χ2v) is 6.47. The summed E-state index contributed by atoms with van der Waals surface area (Å²) in [6.45, 7) is 8.11. The van der Waals surface area contributed by atoms with E-state index in [1.807, 2.05) is 0 Å². The van der Waals surface area contributed by atoms with E-state index in [2.05, 4.69) is 35.0 Å². The summed E-state index contributed by atoms with van der Waals surface area (Å²) in [4.78, 5) is 17.8. The molecule has 1 aromatic heterocycles. The van der Waals surface area contributed by atoms with Gasteiger partial charge in [-0.15, -0.1) is 0 Å². The molecule has 2 N–H and O–H groups in total. The van der Waals surface area contributed by atoms with E-state index in [1.54, 1.807) is 0 Å². The molecule has 0 spiro atoms. The molecule has 0 bridgehead atoms. The Balaban J connectivity index is 2.18. The smallest absolute Gasteiger partial charge is 0.219 e. The number of hydrogen-bond acceptors (Lipinski definition) is 6. The number of anilines is 1. The Hall–Kier alpha value is -1.21. The van der Waals surface area contributed by atoms with Gasteiger partial charge in [-0.1, -0.05) is 20.8 Å². The van der Waals surface area contributed by atoms with Crippen molar-refractivity contribution in [3.63, 3.8) is 0 Å². The topological polar surface area (TPSA) is 81.3 Å². The molecule has 0 radical (unpaired) electrons. The summed E-state index contributed by atoms with van der Waals surface area (Å²) in [6, 6.07) is -0.0352. The van der Waals surface area contributed by atoms with Crippen LogP contribution < -0.4 is 10.6 Å². The quantitative estimate of drug-likeness (QED) is 0.892. The van der Waals surface area contributed by atoms with Gasteiger partial charge in [-0.3, -0.25) is 4.79 Å². The molecule has 1 atom stereocenters. The van der Waals surface area contributed by atoms with Crippen molar-refractivity contribution in [2.75, 3.05) is 24.7 Å². The minimum Gasteiger partial charge on any atom is -0.377 e. The van der Waals surface area contributed by atoms with E-state index in [9.17, 15) is 4.79 Å². The third-order valence-corrected chi connectivity index (χ3v) is 3.75. The Morgan fingerprint density at radius 1 is 1.58 bits per heavy atom. The fraction of sp³-hybridized carbons (Fsp3) is 0.750. The van der Waals surface area contributed by atoms with E-state index in [0.717, 1.165) is 17.5 Å². The summed E-state index contributed by atoms with van der Waals surface area (Å²) >= 11 is 1.37. The Morgan fingerprint density at radius 2 is 2.32 bits per heavy atom. The molecule has 1 aromatic rings. The number of rotatable bonds is 3. The van der Waals surface area contributed by atoms with Gasteiger partial charge in [0.15, 0.2) is 0 Å². The Kier molecular flexibility index (Phi) is 4.05. The zero-order chi connectivity index (χ0) is 14.0. The number of primary amides is 1. The molecule has 2 rings (SSSR count). The summed E-state index contributed by atoms with van der Waals surface area (Å²) in [5.74, 6) is 0.512. The van der Waals surface area contributed by atoms with Gasteiger partial charge < -0.3 is 15.4 Å². The average Bonchev–Trinajstić information content (AvgIpc) is 2.77. The lowest BCUT2D eigenvalue weighted by Crippen LogP contribution is -2.47.